The molecule has 1 aromatic carbocycles. The van der Waals surface area contributed by atoms with Crippen molar-refractivity contribution in [3.8, 4) is 5.75 Å². The fourth-order valence-electron chi connectivity index (χ4n) is 1.64. The summed E-state index contributed by atoms with van der Waals surface area (Å²) in [5, 5.41) is 12.1. The molecular formula is C13H17FN2O3. The maximum absolute atomic E-state index is 13.6. The van der Waals surface area contributed by atoms with Crippen molar-refractivity contribution >= 4 is 11.8 Å². The molecule has 0 fully saturated rings. The van der Waals surface area contributed by atoms with Gasteiger partial charge in [0.1, 0.15) is 17.1 Å². The number of phenolic OH excluding ortho intramolecular Hbond substituents is 1. The molecule has 0 unspecified atom stereocenters. The number of rotatable bonds is 5. The number of aromatic hydroxyl groups is 1. The van der Waals surface area contributed by atoms with Gasteiger partial charge in [-0.05, 0) is 26.0 Å². The second-order valence-corrected chi connectivity index (χ2v) is 3.91. The van der Waals surface area contributed by atoms with E-state index in [1.807, 2.05) is 0 Å². The molecule has 0 aliphatic rings. The van der Waals surface area contributed by atoms with E-state index in [-0.39, 0.29) is 19.0 Å². The Bertz CT molecular complexity index is 457. The number of carbonyl (C=O) groups excluding carboxylic acids is 2. The van der Waals surface area contributed by atoms with Crippen molar-refractivity contribution in [2.75, 3.05) is 19.6 Å². The van der Waals surface area contributed by atoms with Crippen LogP contribution in [-0.4, -0.2) is 41.5 Å². The average Bonchev–Trinajstić information content (AvgIpc) is 2.35. The van der Waals surface area contributed by atoms with E-state index in [4.69, 9.17) is 0 Å². The summed E-state index contributed by atoms with van der Waals surface area (Å²) < 4.78 is 13.6. The molecule has 0 saturated carbocycles. The summed E-state index contributed by atoms with van der Waals surface area (Å²) in [6.07, 6.45) is 0. The van der Waals surface area contributed by atoms with Crippen LogP contribution in [0.4, 0.5) is 4.39 Å². The van der Waals surface area contributed by atoms with Crippen LogP contribution in [0.15, 0.2) is 18.2 Å². The van der Waals surface area contributed by atoms with Crippen LogP contribution in [0.3, 0.4) is 0 Å². The Morgan fingerprint density at radius 2 is 2.05 bits per heavy atom. The van der Waals surface area contributed by atoms with Gasteiger partial charge in [-0.2, -0.15) is 0 Å². The van der Waals surface area contributed by atoms with Gasteiger partial charge in [0.2, 0.25) is 5.91 Å². The first-order valence-corrected chi connectivity index (χ1v) is 6.04. The highest BCUT2D eigenvalue weighted by molar-refractivity contribution is 5.98. The molecule has 0 aromatic heterocycles. The molecule has 0 aliphatic carbocycles. The van der Waals surface area contributed by atoms with E-state index in [0.717, 1.165) is 6.07 Å². The maximum atomic E-state index is 13.6. The van der Waals surface area contributed by atoms with Crippen molar-refractivity contribution < 1.29 is 19.1 Å². The van der Waals surface area contributed by atoms with Gasteiger partial charge in [0.05, 0.1) is 6.54 Å². The highest BCUT2D eigenvalue weighted by Crippen LogP contribution is 2.21. The van der Waals surface area contributed by atoms with Gasteiger partial charge in [0, 0.05) is 13.1 Å². The first-order valence-electron chi connectivity index (χ1n) is 6.04. The molecule has 0 saturated heterocycles. The van der Waals surface area contributed by atoms with Gasteiger partial charge in [-0.15, -0.1) is 0 Å². The summed E-state index contributed by atoms with van der Waals surface area (Å²) in [5.41, 5.74) is -0.409. The minimum atomic E-state index is -0.806. The van der Waals surface area contributed by atoms with Crippen LogP contribution in [0.5, 0.6) is 5.75 Å². The molecule has 0 spiro atoms. The third kappa shape index (κ3) is 3.67. The monoisotopic (exact) mass is 268 g/mol. The van der Waals surface area contributed by atoms with Crippen LogP contribution in [0.2, 0.25) is 0 Å². The Balaban J connectivity index is 2.93. The highest BCUT2D eigenvalue weighted by Gasteiger charge is 2.23. The van der Waals surface area contributed by atoms with Gasteiger partial charge in [0.15, 0.2) is 0 Å². The summed E-state index contributed by atoms with van der Waals surface area (Å²) in [4.78, 5) is 24.7. The number of likely N-dealkylation sites (N-methyl/N-ethyl adjacent to an activating group) is 2. The number of carbonyl (C=O) groups is 2. The Labute approximate surface area is 111 Å². The van der Waals surface area contributed by atoms with Gasteiger partial charge >= 0.3 is 0 Å². The van der Waals surface area contributed by atoms with Crippen LogP contribution in [-0.2, 0) is 4.79 Å². The first-order chi connectivity index (χ1) is 9.01. The normalized spacial score (nSPS) is 10.1. The summed E-state index contributed by atoms with van der Waals surface area (Å²) in [7, 11) is 0. The van der Waals surface area contributed by atoms with Crippen molar-refractivity contribution in [3.05, 3.63) is 29.6 Å². The Morgan fingerprint density at radius 3 is 2.58 bits per heavy atom. The van der Waals surface area contributed by atoms with Crippen LogP contribution in [0.1, 0.15) is 24.2 Å². The zero-order chi connectivity index (χ0) is 14.4. The lowest BCUT2D eigenvalue weighted by atomic mass is 10.1. The van der Waals surface area contributed by atoms with Crippen LogP contribution < -0.4 is 5.32 Å². The van der Waals surface area contributed by atoms with E-state index in [2.05, 4.69) is 5.32 Å². The van der Waals surface area contributed by atoms with Gasteiger partial charge in [-0.3, -0.25) is 9.59 Å². The fraction of sp³-hybridized carbons (Fsp3) is 0.385. The van der Waals surface area contributed by atoms with Crippen LogP contribution >= 0.6 is 0 Å². The molecule has 0 atom stereocenters. The molecule has 104 valence electrons. The number of benzene rings is 1. The molecule has 0 bridgehead atoms. The van der Waals surface area contributed by atoms with E-state index in [9.17, 15) is 19.1 Å². The molecule has 1 aromatic rings. The van der Waals surface area contributed by atoms with Gasteiger partial charge in [-0.25, -0.2) is 4.39 Å². The number of hydrogen-bond donors (Lipinski definition) is 2. The molecule has 1 rings (SSSR count). The quantitative estimate of drug-likeness (QED) is 0.841. The van der Waals surface area contributed by atoms with Crippen LogP contribution in [0, 0.1) is 5.82 Å². The molecule has 6 heteroatoms. The van der Waals surface area contributed by atoms with Crippen molar-refractivity contribution in [2.24, 2.45) is 0 Å². The second kappa shape index (κ2) is 6.72. The molecule has 2 amide bonds. The minimum absolute atomic E-state index is 0.170. The van der Waals surface area contributed by atoms with Gasteiger partial charge < -0.3 is 15.3 Å². The maximum Gasteiger partial charge on any atom is 0.261 e. The lowest BCUT2D eigenvalue weighted by molar-refractivity contribution is -0.121. The largest absolute Gasteiger partial charge is 0.507 e. The number of phenols is 1. The Kier molecular flexibility index (Phi) is 5.29. The number of nitrogens with one attached hydrogen (secondary N) is 1. The van der Waals surface area contributed by atoms with Gasteiger partial charge in [0.25, 0.3) is 5.91 Å². The first kappa shape index (κ1) is 14.9. The van der Waals surface area contributed by atoms with E-state index < -0.39 is 23.0 Å². The molecule has 19 heavy (non-hydrogen) atoms. The second-order valence-electron chi connectivity index (χ2n) is 3.91. The van der Waals surface area contributed by atoms with Gasteiger partial charge in [-0.1, -0.05) is 6.07 Å². The summed E-state index contributed by atoms with van der Waals surface area (Å²) in [6.45, 7) is 3.96. The Hall–Kier alpha value is -2.11. The fourth-order valence-corrected chi connectivity index (χ4v) is 1.64. The van der Waals surface area contributed by atoms with Crippen molar-refractivity contribution in [1.82, 2.24) is 10.2 Å². The predicted octanol–water partition coefficient (Wildman–Crippen LogP) is 1.13. The van der Waals surface area contributed by atoms with Crippen LogP contribution in [0.25, 0.3) is 0 Å². The average molecular weight is 268 g/mol. The van der Waals surface area contributed by atoms with E-state index in [1.54, 1.807) is 13.8 Å². The molecule has 2 N–H and O–H groups in total. The standard InChI is InChI=1S/C13H17FN2O3/c1-3-15-11(18)8-16(4-2)13(19)12-9(14)6-5-7-10(12)17/h5-7,17H,3-4,8H2,1-2H3,(H,15,18). The van der Waals surface area contributed by atoms with Crippen molar-refractivity contribution in [3.63, 3.8) is 0 Å². The third-order valence-corrected chi connectivity index (χ3v) is 2.58. The molecule has 0 radical (unpaired) electrons. The number of amides is 2. The number of nitrogens with zero attached hydrogens (tertiary/aromatic N) is 1. The topological polar surface area (TPSA) is 69.6 Å². The molecule has 0 aliphatic heterocycles. The van der Waals surface area contributed by atoms with E-state index >= 15 is 0 Å². The van der Waals surface area contributed by atoms with Crippen molar-refractivity contribution in [2.45, 2.75) is 13.8 Å². The van der Waals surface area contributed by atoms with E-state index in [0.29, 0.717) is 6.54 Å². The number of hydrogen-bond acceptors (Lipinski definition) is 3. The zero-order valence-corrected chi connectivity index (χ0v) is 10.9. The summed E-state index contributed by atoms with van der Waals surface area (Å²) >= 11 is 0. The molecule has 5 nitrogen and oxygen atoms in total. The Morgan fingerprint density at radius 1 is 1.37 bits per heavy atom. The molecular weight excluding hydrogens is 251 g/mol. The highest BCUT2D eigenvalue weighted by atomic mass is 19.1. The third-order valence-electron chi connectivity index (χ3n) is 2.58. The molecule has 0 heterocycles. The smallest absolute Gasteiger partial charge is 0.261 e. The lowest BCUT2D eigenvalue weighted by Crippen LogP contribution is -2.40. The lowest BCUT2D eigenvalue weighted by Gasteiger charge is -2.20. The SMILES string of the molecule is CCNC(=O)CN(CC)C(=O)c1c(O)cccc1F. The summed E-state index contributed by atoms with van der Waals surface area (Å²) in [6, 6.07) is 3.63. The predicted molar refractivity (Wildman–Crippen MR) is 68.3 cm³/mol. The van der Waals surface area contributed by atoms with Crippen molar-refractivity contribution in [1.29, 1.82) is 0 Å². The zero-order valence-electron chi connectivity index (χ0n) is 10.9. The summed E-state index contributed by atoms with van der Waals surface area (Å²) in [5.74, 6) is -2.27. The number of halogens is 1. The minimum Gasteiger partial charge on any atom is -0.507 e. The van der Waals surface area contributed by atoms with E-state index in [1.165, 1.54) is 17.0 Å².